The van der Waals surface area contributed by atoms with E-state index in [1.807, 2.05) is 13.8 Å². The first kappa shape index (κ1) is 14.3. The van der Waals surface area contributed by atoms with E-state index in [2.05, 4.69) is 5.32 Å². The van der Waals surface area contributed by atoms with Crippen molar-refractivity contribution in [3.8, 4) is 0 Å². The maximum absolute atomic E-state index is 13.1. The molecule has 4 heteroatoms. The lowest BCUT2D eigenvalue weighted by molar-refractivity contribution is 0.553. The van der Waals surface area contributed by atoms with Gasteiger partial charge < -0.3 is 5.32 Å². The van der Waals surface area contributed by atoms with E-state index in [4.69, 9.17) is 0 Å². The Bertz CT molecular complexity index is 303. The molecule has 86 valence electrons. The van der Waals surface area contributed by atoms with E-state index in [0.29, 0.717) is 24.6 Å². The molecule has 0 saturated carbocycles. The summed E-state index contributed by atoms with van der Waals surface area (Å²) in [5.41, 5.74) is 0.555. The molecule has 0 radical (unpaired) electrons. The van der Waals surface area contributed by atoms with E-state index < -0.39 is 11.6 Å². The number of halogens is 3. The number of rotatable bonds is 4. The highest BCUT2D eigenvalue weighted by Crippen LogP contribution is 2.09. The van der Waals surface area contributed by atoms with Gasteiger partial charge in [-0.1, -0.05) is 19.9 Å². The lowest BCUT2D eigenvalue weighted by Crippen LogP contribution is -2.25. The lowest BCUT2D eigenvalue weighted by Gasteiger charge is -2.08. The summed E-state index contributed by atoms with van der Waals surface area (Å²) in [5, 5.41) is 3.18. The van der Waals surface area contributed by atoms with Crippen molar-refractivity contribution in [1.29, 1.82) is 0 Å². The average molecular weight is 236 g/mol. The van der Waals surface area contributed by atoms with Crippen LogP contribution in [-0.2, 0) is 6.42 Å². The standard InChI is InChI=1S/C11H15F2N.ClH/c1-8(2)14-6-5-9-3-4-10(12)7-11(9)13;/h3-4,7-8,14H,5-6H2,1-2H3;1H. The molecule has 0 aliphatic heterocycles. The van der Waals surface area contributed by atoms with Crippen molar-refractivity contribution >= 4 is 12.4 Å². The molecule has 1 N–H and O–H groups in total. The van der Waals surface area contributed by atoms with Crippen LogP contribution in [-0.4, -0.2) is 12.6 Å². The van der Waals surface area contributed by atoms with Gasteiger partial charge in [-0.15, -0.1) is 12.4 Å². The van der Waals surface area contributed by atoms with E-state index >= 15 is 0 Å². The third-order valence-corrected chi connectivity index (χ3v) is 1.96. The molecule has 1 aromatic carbocycles. The second kappa shape index (κ2) is 6.75. The Hall–Kier alpha value is -0.670. The summed E-state index contributed by atoms with van der Waals surface area (Å²) in [7, 11) is 0. The van der Waals surface area contributed by atoms with Crippen molar-refractivity contribution in [3.05, 3.63) is 35.4 Å². The molecule has 0 saturated heterocycles. The van der Waals surface area contributed by atoms with Gasteiger partial charge in [0.15, 0.2) is 0 Å². The van der Waals surface area contributed by atoms with Crippen LogP contribution < -0.4 is 5.32 Å². The van der Waals surface area contributed by atoms with E-state index in [0.717, 1.165) is 6.07 Å². The van der Waals surface area contributed by atoms with Crippen molar-refractivity contribution in [2.75, 3.05) is 6.54 Å². The Morgan fingerprint density at radius 3 is 2.47 bits per heavy atom. The van der Waals surface area contributed by atoms with Crippen LogP contribution >= 0.6 is 12.4 Å². The predicted octanol–water partition coefficient (Wildman–Crippen LogP) is 2.93. The molecule has 0 heterocycles. The van der Waals surface area contributed by atoms with Gasteiger partial charge in [-0.25, -0.2) is 8.78 Å². The van der Waals surface area contributed by atoms with Crippen LogP contribution in [0, 0.1) is 11.6 Å². The molecule has 0 amide bonds. The average Bonchev–Trinajstić information content (AvgIpc) is 2.08. The fourth-order valence-electron chi connectivity index (χ4n) is 1.22. The maximum atomic E-state index is 13.1. The first-order chi connectivity index (χ1) is 6.59. The quantitative estimate of drug-likeness (QED) is 0.846. The van der Waals surface area contributed by atoms with Crippen LogP contribution in [0.25, 0.3) is 0 Å². The topological polar surface area (TPSA) is 12.0 Å². The molecule has 0 aliphatic carbocycles. The van der Waals surface area contributed by atoms with Gasteiger partial charge in [0.1, 0.15) is 11.6 Å². The monoisotopic (exact) mass is 235 g/mol. The molecule has 0 bridgehead atoms. The minimum Gasteiger partial charge on any atom is -0.314 e. The van der Waals surface area contributed by atoms with Gasteiger partial charge in [0.25, 0.3) is 0 Å². The summed E-state index contributed by atoms with van der Waals surface area (Å²) in [4.78, 5) is 0. The number of nitrogens with one attached hydrogen (secondary N) is 1. The van der Waals surface area contributed by atoms with Crippen molar-refractivity contribution in [2.24, 2.45) is 0 Å². The van der Waals surface area contributed by atoms with E-state index in [-0.39, 0.29) is 12.4 Å². The molecule has 0 atom stereocenters. The van der Waals surface area contributed by atoms with Gasteiger partial charge in [0, 0.05) is 12.1 Å². The minimum absolute atomic E-state index is 0. The van der Waals surface area contributed by atoms with Gasteiger partial charge in [-0.3, -0.25) is 0 Å². The summed E-state index contributed by atoms with van der Waals surface area (Å²) in [6.07, 6.45) is 0.588. The number of benzene rings is 1. The lowest BCUT2D eigenvalue weighted by atomic mass is 10.1. The van der Waals surface area contributed by atoms with Crippen LogP contribution in [0.3, 0.4) is 0 Å². The van der Waals surface area contributed by atoms with Gasteiger partial charge in [0.2, 0.25) is 0 Å². The van der Waals surface area contributed by atoms with Gasteiger partial charge in [-0.05, 0) is 24.6 Å². The van der Waals surface area contributed by atoms with Crippen LogP contribution in [0.1, 0.15) is 19.4 Å². The minimum atomic E-state index is -0.525. The molecule has 1 rings (SSSR count). The summed E-state index contributed by atoms with van der Waals surface area (Å²) < 4.78 is 25.6. The van der Waals surface area contributed by atoms with Crippen molar-refractivity contribution in [1.82, 2.24) is 5.32 Å². The van der Waals surface area contributed by atoms with Crippen molar-refractivity contribution in [2.45, 2.75) is 26.3 Å². The summed E-state index contributed by atoms with van der Waals surface area (Å²) in [5.74, 6) is -0.987. The summed E-state index contributed by atoms with van der Waals surface area (Å²) >= 11 is 0. The number of hydrogen-bond acceptors (Lipinski definition) is 1. The van der Waals surface area contributed by atoms with Crippen LogP contribution in [0.2, 0.25) is 0 Å². The second-order valence-electron chi connectivity index (χ2n) is 3.59. The first-order valence-corrected chi connectivity index (χ1v) is 4.77. The van der Waals surface area contributed by atoms with E-state index in [9.17, 15) is 8.78 Å². The summed E-state index contributed by atoms with van der Waals surface area (Å²) in [6.45, 7) is 4.77. The van der Waals surface area contributed by atoms with Crippen LogP contribution in [0.5, 0.6) is 0 Å². The zero-order chi connectivity index (χ0) is 10.6. The number of hydrogen-bond donors (Lipinski definition) is 1. The Morgan fingerprint density at radius 1 is 1.27 bits per heavy atom. The largest absolute Gasteiger partial charge is 0.314 e. The highest BCUT2D eigenvalue weighted by atomic mass is 35.5. The van der Waals surface area contributed by atoms with Gasteiger partial charge in [-0.2, -0.15) is 0 Å². The van der Waals surface area contributed by atoms with Crippen molar-refractivity contribution < 1.29 is 8.78 Å². The maximum Gasteiger partial charge on any atom is 0.129 e. The molecule has 1 nitrogen and oxygen atoms in total. The highest BCUT2D eigenvalue weighted by Gasteiger charge is 2.03. The fraction of sp³-hybridized carbons (Fsp3) is 0.455. The summed E-state index contributed by atoms with van der Waals surface area (Å²) in [6, 6.07) is 4.09. The van der Waals surface area contributed by atoms with E-state index in [1.54, 1.807) is 0 Å². The van der Waals surface area contributed by atoms with E-state index in [1.165, 1.54) is 12.1 Å². The Labute approximate surface area is 95.3 Å². The fourth-order valence-corrected chi connectivity index (χ4v) is 1.22. The molecule has 0 fully saturated rings. The molecular weight excluding hydrogens is 220 g/mol. The smallest absolute Gasteiger partial charge is 0.129 e. The molecule has 1 aromatic rings. The predicted molar refractivity (Wildman–Crippen MR) is 60.4 cm³/mol. The molecule has 0 aliphatic rings. The molecule has 0 spiro atoms. The third kappa shape index (κ3) is 5.09. The third-order valence-electron chi connectivity index (χ3n) is 1.96. The zero-order valence-electron chi connectivity index (χ0n) is 8.89. The van der Waals surface area contributed by atoms with Gasteiger partial charge >= 0.3 is 0 Å². The Kier molecular flexibility index (Phi) is 6.45. The Morgan fingerprint density at radius 2 is 1.93 bits per heavy atom. The molecule has 0 aromatic heterocycles. The van der Waals surface area contributed by atoms with Gasteiger partial charge in [0.05, 0.1) is 0 Å². The first-order valence-electron chi connectivity index (χ1n) is 4.77. The molecular formula is C11H16ClF2N. The van der Waals surface area contributed by atoms with Crippen molar-refractivity contribution in [3.63, 3.8) is 0 Å². The second-order valence-corrected chi connectivity index (χ2v) is 3.59. The molecule has 0 unspecified atom stereocenters. The zero-order valence-corrected chi connectivity index (χ0v) is 9.70. The van der Waals surface area contributed by atoms with Crippen LogP contribution in [0.4, 0.5) is 8.78 Å². The SMILES string of the molecule is CC(C)NCCc1ccc(F)cc1F.Cl. The normalized spacial score (nSPS) is 10.2. The van der Waals surface area contributed by atoms with Crippen LogP contribution in [0.15, 0.2) is 18.2 Å². The molecule has 15 heavy (non-hydrogen) atoms. The Balaban J connectivity index is 0.00000196. The highest BCUT2D eigenvalue weighted by molar-refractivity contribution is 5.85.